The summed E-state index contributed by atoms with van der Waals surface area (Å²) in [6.45, 7) is 8.57. The highest BCUT2D eigenvalue weighted by molar-refractivity contribution is 5.74. The first-order chi connectivity index (χ1) is 13.0. The summed E-state index contributed by atoms with van der Waals surface area (Å²) in [6.07, 6.45) is 2.05. The van der Waals surface area contributed by atoms with Gasteiger partial charge in [-0.2, -0.15) is 5.10 Å². The van der Waals surface area contributed by atoms with Crippen molar-refractivity contribution in [1.29, 1.82) is 0 Å². The molecule has 2 aliphatic rings. The lowest BCUT2D eigenvalue weighted by Gasteiger charge is -2.29. The fourth-order valence-corrected chi connectivity index (χ4v) is 4.70. The number of carbonyl (C=O) groups is 1. The van der Waals surface area contributed by atoms with Gasteiger partial charge in [0.2, 0.25) is 5.91 Å². The van der Waals surface area contributed by atoms with E-state index in [0.717, 1.165) is 44.2 Å². The molecule has 6 nitrogen and oxygen atoms in total. The van der Waals surface area contributed by atoms with Crippen molar-refractivity contribution < 1.29 is 9.53 Å². The Morgan fingerprint density at radius 2 is 1.93 bits per heavy atom. The Labute approximate surface area is 160 Å². The van der Waals surface area contributed by atoms with Gasteiger partial charge in [-0.15, -0.1) is 0 Å². The summed E-state index contributed by atoms with van der Waals surface area (Å²) in [5.41, 5.74) is 2.27. The first kappa shape index (κ1) is 18.0. The van der Waals surface area contributed by atoms with Crippen LogP contribution in [0.5, 0.6) is 5.75 Å². The SMILES string of the molecule is COc1ccc([C@H]2[C@@H]3CN(CCn4ccc(C)n4)C[C@@H]3CN2C(C)=O)cc1. The number of aryl methyl sites for hydroxylation is 1. The molecular weight excluding hydrogens is 340 g/mol. The number of nitrogens with zero attached hydrogens (tertiary/aromatic N) is 4. The van der Waals surface area contributed by atoms with Crippen molar-refractivity contribution in [3.63, 3.8) is 0 Å². The monoisotopic (exact) mass is 368 g/mol. The highest BCUT2D eigenvalue weighted by Crippen LogP contribution is 2.45. The first-order valence-corrected chi connectivity index (χ1v) is 9.68. The molecule has 3 atom stereocenters. The minimum absolute atomic E-state index is 0.162. The Morgan fingerprint density at radius 3 is 2.56 bits per heavy atom. The molecule has 3 heterocycles. The molecule has 1 aromatic heterocycles. The molecule has 27 heavy (non-hydrogen) atoms. The number of rotatable bonds is 5. The summed E-state index contributed by atoms with van der Waals surface area (Å²) in [6, 6.07) is 10.4. The molecule has 0 N–H and O–H groups in total. The quantitative estimate of drug-likeness (QED) is 0.813. The molecular formula is C21H28N4O2. The number of ether oxygens (including phenoxy) is 1. The molecule has 0 bridgehead atoms. The first-order valence-electron chi connectivity index (χ1n) is 9.68. The number of fused-ring (bicyclic) bond motifs is 1. The van der Waals surface area contributed by atoms with Crippen molar-refractivity contribution >= 4 is 5.91 Å². The Morgan fingerprint density at radius 1 is 1.15 bits per heavy atom. The minimum atomic E-state index is 0.162. The van der Waals surface area contributed by atoms with Crippen LogP contribution in [0.2, 0.25) is 0 Å². The number of methoxy groups -OCH3 is 1. The van der Waals surface area contributed by atoms with Crippen LogP contribution in [0.3, 0.4) is 0 Å². The van der Waals surface area contributed by atoms with E-state index in [2.05, 4.69) is 27.0 Å². The zero-order valence-corrected chi connectivity index (χ0v) is 16.3. The molecule has 144 valence electrons. The maximum atomic E-state index is 12.3. The Hall–Kier alpha value is -2.34. The van der Waals surface area contributed by atoms with E-state index in [0.29, 0.717) is 11.8 Å². The molecule has 6 heteroatoms. The second-order valence-corrected chi connectivity index (χ2v) is 7.79. The Bertz CT molecular complexity index is 801. The zero-order chi connectivity index (χ0) is 19.0. The number of aromatic nitrogens is 2. The van der Waals surface area contributed by atoms with Crippen LogP contribution in [0.1, 0.15) is 24.2 Å². The van der Waals surface area contributed by atoms with E-state index in [-0.39, 0.29) is 11.9 Å². The van der Waals surface area contributed by atoms with Gasteiger partial charge in [0.15, 0.2) is 0 Å². The average molecular weight is 368 g/mol. The predicted molar refractivity (Wildman–Crippen MR) is 104 cm³/mol. The van der Waals surface area contributed by atoms with E-state index >= 15 is 0 Å². The molecule has 1 aromatic carbocycles. The van der Waals surface area contributed by atoms with Crippen LogP contribution in [0.4, 0.5) is 0 Å². The van der Waals surface area contributed by atoms with Crippen LogP contribution in [0.15, 0.2) is 36.5 Å². The van der Waals surface area contributed by atoms with Crippen LogP contribution in [0.25, 0.3) is 0 Å². The van der Waals surface area contributed by atoms with Gasteiger partial charge in [-0.25, -0.2) is 0 Å². The molecule has 2 aliphatic heterocycles. The number of benzene rings is 1. The minimum Gasteiger partial charge on any atom is -0.497 e. The summed E-state index contributed by atoms with van der Waals surface area (Å²) in [7, 11) is 1.68. The Kier molecular flexibility index (Phi) is 4.91. The molecule has 0 spiro atoms. The van der Waals surface area contributed by atoms with Crippen LogP contribution in [-0.2, 0) is 11.3 Å². The van der Waals surface area contributed by atoms with E-state index in [1.165, 1.54) is 5.56 Å². The topological polar surface area (TPSA) is 50.6 Å². The number of carbonyl (C=O) groups excluding carboxylic acids is 1. The number of likely N-dealkylation sites (tertiary alicyclic amines) is 2. The van der Waals surface area contributed by atoms with Crippen LogP contribution in [0, 0.1) is 18.8 Å². The van der Waals surface area contributed by atoms with Crippen LogP contribution >= 0.6 is 0 Å². The van der Waals surface area contributed by atoms with E-state index in [9.17, 15) is 4.79 Å². The summed E-state index contributed by atoms with van der Waals surface area (Å²) in [4.78, 5) is 16.8. The highest BCUT2D eigenvalue weighted by atomic mass is 16.5. The van der Waals surface area contributed by atoms with Gasteiger partial charge in [0.25, 0.3) is 0 Å². The third-order valence-corrected chi connectivity index (χ3v) is 6.02. The van der Waals surface area contributed by atoms with Crippen LogP contribution in [-0.4, -0.2) is 58.8 Å². The second-order valence-electron chi connectivity index (χ2n) is 7.79. The molecule has 2 saturated heterocycles. The van der Waals surface area contributed by atoms with Crippen molar-refractivity contribution in [1.82, 2.24) is 19.6 Å². The lowest BCUT2D eigenvalue weighted by Crippen LogP contribution is -2.35. The van der Waals surface area contributed by atoms with Crippen molar-refractivity contribution in [3.8, 4) is 5.75 Å². The van der Waals surface area contributed by atoms with E-state index in [1.54, 1.807) is 14.0 Å². The fraction of sp³-hybridized carbons (Fsp3) is 0.524. The molecule has 4 rings (SSSR count). The maximum absolute atomic E-state index is 12.3. The summed E-state index contributed by atoms with van der Waals surface area (Å²) in [5.74, 6) is 2.05. The van der Waals surface area contributed by atoms with Gasteiger partial charge in [0.05, 0.1) is 25.4 Å². The smallest absolute Gasteiger partial charge is 0.219 e. The van der Waals surface area contributed by atoms with E-state index in [1.807, 2.05) is 36.0 Å². The molecule has 0 unspecified atom stereocenters. The summed E-state index contributed by atoms with van der Waals surface area (Å²) < 4.78 is 7.31. The van der Waals surface area contributed by atoms with Crippen molar-refractivity contribution in [3.05, 3.63) is 47.8 Å². The van der Waals surface area contributed by atoms with Gasteiger partial charge in [-0.3, -0.25) is 9.48 Å². The predicted octanol–water partition coefficient (Wildman–Crippen LogP) is 2.35. The van der Waals surface area contributed by atoms with E-state index < -0.39 is 0 Å². The fourth-order valence-electron chi connectivity index (χ4n) is 4.70. The lowest BCUT2D eigenvalue weighted by molar-refractivity contribution is -0.130. The number of hydrogen-bond acceptors (Lipinski definition) is 4. The third-order valence-electron chi connectivity index (χ3n) is 6.02. The van der Waals surface area contributed by atoms with Crippen molar-refractivity contribution in [2.24, 2.45) is 11.8 Å². The largest absolute Gasteiger partial charge is 0.497 e. The van der Waals surface area contributed by atoms with Crippen molar-refractivity contribution in [2.45, 2.75) is 26.4 Å². The molecule has 0 saturated carbocycles. The summed E-state index contributed by atoms with van der Waals surface area (Å²) >= 11 is 0. The standard InChI is InChI=1S/C21H28N4O2/c1-15-8-9-24(22-15)11-10-23-12-18-13-25(16(2)26)21(20(18)14-23)17-4-6-19(27-3)7-5-17/h4-9,18,20-21H,10-14H2,1-3H3/t18-,20-,21+/m1/s1. The zero-order valence-electron chi connectivity index (χ0n) is 16.3. The molecule has 2 aromatic rings. The van der Waals surface area contributed by atoms with Crippen LogP contribution < -0.4 is 4.74 Å². The van der Waals surface area contributed by atoms with Gasteiger partial charge < -0.3 is 14.5 Å². The third kappa shape index (κ3) is 3.58. The van der Waals surface area contributed by atoms with Gasteiger partial charge in [0, 0.05) is 45.2 Å². The number of amides is 1. The normalized spacial score (nSPS) is 25.0. The van der Waals surface area contributed by atoms with Gasteiger partial charge in [-0.05, 0) is 36.6 Å². The Balaban J connectivity index is 1.47. The second kappa shape index (κ2) is 7.35. The molecule has 2 fully saturated rings. The molecule has 0 aliphatic carbocycles. The highest BCUT2D eigenvalue weighted by Gasteiger charge is 2.48. The van der Waals surface area contributed by atoms with Gasteiger partial charge in [-0.1, -0.05) is 12.1 Å². The van der Waals surface area contributed by atoms with Crippen molar-refractivity contribution in [2.75, 3.05) is 33.3 Å². The van der Waals surface area contributed by atoms with Gasteiger partial charge in [0.1, 0.15) is 5.75 Å². The van der Waals surface area contributed by atoms with Gasteiger partial charge >= 0.3 is 0 Å². The molecule has 1 amide bonds. The van der Waals surface area contributed by atoms with E-state index in [4.69, 9.17) is 4.74 Å². The maximum Gasteiger partial charge on any atom is 0.219 e. The average Bonchev–Trinajstić information content (AvgIpc) is 3.33. The molecule has 0 radical (unpaired) electrons. The summed E-state index contributed by atoms with van der Waals surface area (Å²) in [5, 5.41) is 4.48. The lowest BCUT2D eigenvalue weighted by atomic mass is 9.89. The number of hydrogen-bond donors (Lipinski definition) is 0.